The van der Waals surface area contributed by atoms with Crippen LogP contribution in [0.2, 0.25) is 10.0 Å². The summed E-state index contributed by atoms with van der Waals surface area (Å²) in [6.45, 7) is 12.9. The van der Waals surface area contributed by atoms with Gasteiger partial charge in [0.25, 0.3) is 5.91 Å². The van der Waals surface area contributed by atoms with E-state index in [2.05, 4.69) is 27.8 Å². The van der Waals surface area contributed by atoms with E-state index in [0.29, 0.717) is 32.7 Å². The third-order valence-electron chi connectivity index (χ3n) is 7.78. The SMILES string of the molecule is C=C=C(OC(C)(C)C)N1CC(O)CC1C(=O)NC(C(=O)CCN(C(=O)C(Cl)Cl)c1ccnc(-c2cc(-c3c(Cl)cccc3Cl)no2)c1)C(C)C. The van der Waals surface area contributed by atoms with Crippen molar-refractivity contribution in [3.05, 3.63) is 70.8 Å². The number of benzene rings is 1. The van der Waals surface area contributed by atoms with E-state index in [0.717, 1.165) is 0 Å². The van der Waals surface area contributed by atoms with E-state index in [-0.39, 0.29) is 49.3 Å². The molecule has 1 aliphatic rings. The normalized spacial score (nSPS) is 16.7. The predicted molar refractivity (Wildman–Crippen MR) is 194 cm³/mol. The number of pyridine rings is 1. The minimum absolute atomic E-state index is 0.107. The summed E-state index contributed by atoms with van der Waals surface area (Å²) in [5.74, 6) is -1.25. The Morgan fingerprint density at radius 2 is 1.84 bits per heavy atom. The molecular formula is C35H39Cl4N5O6. The zero-order valence-corrected chi connectivity index (χ0v) is 31.3. The lowest BCUT2D eigenvalue weighted by atomic mass is 9.97. The van der Waals surface area contributed by atoms with Crippen LogP contribution in [0.25, 0.3) is 22.7 Å². The second-order valence-corrected chi connectivity index (χ2v) is 15.0. The van der Waals surface area contributed by atoms with E-state index in [1.807, 2.05) is 20.8 Å². The van der Waals surface area contributed by atoms with E-state index in [1.165, 1.54) is 11.1 Å². The maximum Gasteiger partial charge on any atom is 0.260 e. The van der Waals surface area contributed by atoms with Crippen molar-refractivity contribution in [1.29, 1.82) is 0 Å². The van der Waals surface area contributed by atoms with Gasteiger partial charge in [-0.05, 0) is 51.0 Å². The summed E-state index contributed by atoms with van der Waals surface area (Å²) in [4.78, 5) is 46.3. The molecule has 15 heteroatoms. The number of aromatic nitrogens is 2. The Balaban J connectivity index is 1.52. The molecule has 3 unspecified atom stereocenters. The molecule has 0 radical (unpaired) electrons. The highest BCUT2D eigenvalue weighted by molar-refractivity contribution is 6.54. The largest absolute Gasteiger partial charge is 0.467 e. The number of hydrogen-bond donors (Lipinski definition) is 2. The van der Waals surface area contributed by atoms with Crippen molar-refractivity contribution in [2.24, 2.45) is 5.92 Å². The quantitative estimate of drug-likeness (QED) is 0.109. The number of hydrogen-bond acceptors (Lipinski definition) is 9. The molecule has 1 aliphatic heterocycles. The molecule has 1 fully saturated rings. The maximum atomic E-state index is 13.7. The van der Waals surface area contributed by atoms with Crippen molar-refractivity contribution in [3.8, 4) is 22.7 Å². The number of aliphatic hydroxyl groups excluding tert-OH is 1. The van der Waals surface area contributed by atoms with Gasteiger partial charge in [-0.3, -0.25) is 19.4 Å². The molecule has 11 nitrogen and oxygen atoms in total. The molecule has 3 atom stereocenters. The number of rotatable bonds is 13. The van der Waals surface area contributed by atoms with E-state index >= 15 is 0 Å². The highest BCUT2D eigenvalue weighted by Gasteiger charge is 2.40. The Hall–Kier alpha value is -3.57. The Morgan fingerprint density at radius 1 is 1.16 bits per heavy atom. The lowest BCUT2D eigenvalue weighted by molar-refractivity contribution is -0.132. The molecule has 3 heterocycles. The summed E-state index contributed by atoms with van der Waals surface area (Å²) in [7, 11) is 0. The first-order chi connectivity index (χ1) is 23.5. The van der Waals surface area contributed by atoms with Gasteiger partial charge in [-0.1, -0.05) is 83.8 Å². The molecule has 0 spiro atoms. The summed E-state index contributed by atoms with van der Waals surface area (Å²) in [5.41, 5.74) is 3.68. The molecule has 4 rings (SSSR count). The van der Waals surface area contributed by atoms with Crippen LogP contribution in [0.4, 0.5) is 5.69 Å². The molecule has 2 amide bonds. The van der Waals surface area contributed by atoms with Gasteiger partial charge in [-0.15, -0.1) is 0 Å². The zero-order chi connectivity index (χ0) is 36.9. The van der Waals surface area contributed by atoms with Gasteiger partial charge in [0.15, 0.2) is 16.4 Å². The highest BCUT2D eigenvalue weighted by Crippen LogP contribution is 2.36. The van der Waals surface area contributed by atoms with Crippen molar-refractivity contribution >= 4 is 69.7 Å². The zero-order valence-electron chi connectivity index (χ0n) is 28.3. The van der Waals surface area contributed by atoms with Gasteiger partial charge >= 0.3 is 0 Å². The van der Waals surface area contributed by atoms with E-state index in [9.17, 15) is 19.5 Å². The number of anilines is 1. The lowest BCUT2D eigenvalue weighted by Gasteiger charge is -2.32. The minimum Gasteiger partial charge on any atom is -0.467 e. The van der Waals surface area contributed by atoms with Crippen molar-refractivity contribution in [3.63, 3.8) is 0 Å². The number of aliphatic hydroxyl groups is 1. The molecule has 1 aromatic carbocycles. The Kier molecular flexibility index (Phi) is 13.0. The van der Waals surface area contributed by atoms with Crippen LogP contribution < -0.4 is 10.2 Å². The van der Waals surface area contributed by atoms with E-state index in [1.54, 1.807) is 55.1 Å². The lowest BCUT2D eigenvalue weighted by Crippen LogP contribution is -2.52. The molecule has 3 aromatic rings. The number of ketones is 1. The number of likely N-dealkylation sites (tertiary alicyclic amines) is 1. The number of halogens is 4. The number of nitrogens with one attached hydrogen (secondary N) is 1. The minimum atomic E-state index is -1.43. The molecule has 0 saturated carbocycles. The fourth-order valence-corrected chi connectivity index (χ4v) is 6.31. The summed E-state index contributed by atoms with van der Waals surface area (Å²) in [6, 6.07) is 8.10. The number of carbonyl (C=O) groups excluding carboxylic acids is 3. The van der Waals surface area contributed by atoms with Crippen LogP contribution in [-0.4, -0.2) is 79.5 Å². The third-order valence-corrected chi connectivity index (χ3v) is 8.78. The number of nitrogens with zero attached hydrogens (tertiary/aromatic N) is 4. The molecule has 50 heavy (non-hydrogen) atoms. The van der Waals surface area contributed by atoms with Crippen LogP contribution in [0, 0.1) is 5.92 Å². The molecule has 268 valence electrons. The average molecular weight is 768 g/mol. The first kappa shape index (κ1) is 39.2. The van der Waals surface area contributed by atoms with Gasteiger partial charge in [-0.25, -0.2) is 0 Å². The summed E-state index contributed by atoms with van der Waals surface area (Å²) >= 11 is 24.7. The van der Waals surface area contributed by atoms with Crippen molar-refractivity contribution in [2.45, 2.75) is 76.1 Å². The van der Waals surface area contributed by atoms with Gasteiger partial charge in [0, 0.05) is 49.4 Å². The highest BCUT2D eigenvalue weighted by atomic mass is 35.5. The van der Waals surface area contributed by atoms with Gasteiger partial charge < -0.3 is 29.5 Å². The van der Waals surface area contributed by atoms with Crippen molar-refractivity contribution < 1.29 is 28.8 Å². The first-order valence-electron chi connectivity index (χ1n) is 15.8. The van der Waals surface area contributed by atoms with E-state index < -0.39 is 40.4 Å². The number of amides is 2. The maximum absolute atomic E-state index is 13.7. The topological polar surface area (TPSA) is 138 Å². The summed E-state index contributed by atoms with van der Waals surface area (Å²) in [5, 5.41) is 18.2. The molecule has 2 aromatic heterocycles. The third kappa shape index (κ3) is 9.60. The Bertz CT molecular complexity index is 1750. The standard InChI is InChI=1S/C35H39Cl4N5O6/c1-7-29(49-35(4,5)6)44-18-21(45)16-26(44)33(47)41-31(19(2)3)27(46)12-14-43(34(48)32(38)39)20-11-13-40-24(15-20)28-17-25(42-50-28)30-22(36)9-8-10-23(30)37/h8-11,13,15,17,19,21,26,31-32,45H,1,12,14,16,18H2,2-6H3,(H,41,47). The monoisotopic (exact) mass is 765 g/mol. The second-order valence-electron chi connectivity index (χ2n) is 13.1. The van der Waals surface area contributed by atoms with Gasteiger partial charge in [0.1, 0.15) is 23.0 Å². The first-order valence-corrected chi connectivity index (χ1v) is 17.5. The number of Topliss-reactive ketones (excluding diaryl/α,β-unsaturated/α-hetero) is 1. The molecular weight excluding hydrogens is 728 g/mol. The smallest absolute Gasteiger partial charge is 0.260 e. The number of ether oxygens (including phenoxy) is 1. The van der Waals surface area contributed by atoms with Gasteiger partial charge in [-0.2, -0.15) is 0 Å². The van der Waals surface area contributed by atoms with Crippen LogP contribution in [0.1, 0.15) is 47.5 Å². The Labute approximate surface area is 311 Å². The average Bonchev–Trinajstić information content (AvgIpc) is 3.69. The van der Waals surface area contributed by atoms with Crippen LogP contribution in [0.3, 0.4) is 0 Å². The fourth-order valence-electron chi connectivity index (χ4n) is 5.48. The van der Waals surface area contributed by atoms with Crippen LogP contribution in [0.5, 0.6) is 0 Å². The molecule has 0 aliphatic carbocycles. The summed E-state index contributed by atoms with van der Waals surface area (Å²) in [6.07, 6.45) is 0.642. The Morgan fingerprint density at radius 3 is 2.44 bits per heavy atom. The predicted octanol–water partition coefficient (Wildman–Crippen LogP) is 6.82. The molecule has 1 saturated heterocycles. The summed E-state index contributed by atoms with van der Waals surface area (Å²) < 4.78 is 11.5. The van der Waals surface area contributed by atoms with Gasteiger partial charge in [0.05, 0.1) is 22.2 Å². The van der Waals surface area contributed by atoms with Crippen LogP contribution in [-0.2, 0) is 19.1 Å². The number of alkyl halides is 2. The number of β-amino-alcohol motifs (C(OH)–C–C–N with tert-alkyl or cyclic N) is 1. The number of carbonyl (C=O) groups is 3. The molecule has 2 N–H and O–H groups in total. The van der Waals surface area contributed by atoms with E-state index in [4.69, 9.17) is 55.7 Å². The van der Waals surface area contributed by atoms with Crippen molar-refractivity contribution in [1.82, 2.24) is 20.4 Å². The van der Waals surface area contributed by atoms with Crippen LogP contribution >= 0.6 is 46.4 Å². The fraction of sp³-hybridized carbons (Fsp3) is 0.429. The molecule has 0 bridgehead atoms. The van der Waals surface area contributed by atoms with Crippen LogP contribution in [0.15, 0.2) is 65.3 Å². The second kappa shape index (κ2) is 16.6. The van der Waals surface area contributed by atoms with Gasteiger partial charge in [0.2, 0.25) is 11.8 Å². The van der Waals surface area contributed by atoms with Crippen molar-refractivity contribution in [2.75, 3.05) is 18.0 Å².